The van der Waals surface area contributed by atoms with Crippen LogP contribution in [-0.4, -0.2) is 18.3 Å². The summed E-state index contributed by atoms with van der Waals surface area (Å²) in [5.74, 6) is 1.33. The van der Waals surface area contributed by atoms with E-state index in [4.69, 9.17) is 9.47 Å². The topological polar surface area (TPSA) is 55.7 Å². The number of nitrogens with one attached hydrogen (secondary N) is 1. The molecule has 0 amide bonds. The number of methoxy groups -OCH3 is 1. The molecule has 150 valence electrons. The van der Waals surface area contributed by atoms with Crippen molar-refractivity contribution in [1.82, 2.24) is 4.98 Å². The molecule has 0 bridgehead atoms. The number of aromatic nitrogens is 1. The Morgan fingerprint density at radius 1 is 1.03 bits per heavy atom. The van der Waals surface area contributed by atoms with E-state index < -0.39 is 11.7 Å². The van der Waals surface area contributed by atoms with E-state index in [1.54, 1.807) is 25.3 Å². The highest BCUT2D eigenvalue weighted by molar-refractivity contribution is 5.81. The molecule has 3 rings (SSSR count). The first-order chi connectivity index (χ1) is 14.0. The number of pyridine rings is 1. The summed E-state index contributed by atoms with van der Waals surface area (Å²) in [6, 6.07) is 17.1. The normalized spacial score (nSPS) is 11.4. The average Bonchev–Trinajstić information content (AvgIpc) is 2.73. The number of hydrogen-bond donors (Lipinski definition) is 1. The van der Waals surface area contributed by atoms with Crippen molar-refractivity contribution in [3.05, 3.63) is 83.6 Å². The van der Waals surface area contributed by atoms with Gasteiger partial charge < -0.3 is 9.47 Å². The van der Waals surface area contributed by atoms with Crippen molar-refractivity contribution in [2.24, 2.45) is 5.10 Å². The summed E-state index contributed by atoms with van der Waals surface area (Å²) < 4.78 is 48.8. The second kappa shape index (κ2) is 9.09. The quantitative estimate of drug-likeness (QED) is 0.440. The van der Waals surface area contributed by atoms with Gasteiger partial charge in [0, 0.05) is 6.20 Å². The van der Waals surface area contributed by atoms with Crippen LogP contribution in [0.2, 0.25) is 0 Å². The van der Waals surface area contributed by atoms with Gasteiger partial charge in [-0.05, 0) is 41.5 Å². The number of hydrazone groups is 1. The Morgan fingerprint density at radius 2 is 1.83 bits per heavy atom. The summed E-state index contributed by atoms with van der Waals surface area (Å²) in [4.78, 5) is 3.69. The van der Waals surface area contributed by atoms with Crippen LogP contribution in [0.1, 0.15) is 16.7 Å². The fraction of sp³-hybridized carbons (Fsp3) is 0.143. The number of anilines is 1. The summed E-state index contributed by atoms with van der Waals surface area (Å²) in [5.41, 5.74) is 3.51. The monoisotopic (exact) mass is 401 g/mol. The van der Waals surface area contributed by atoms with Gasteiger partial charge in [-0.15, -0.1) is 0 Å². The Balaban J connectivity index is 1.65. The first kappa shape index (κ1) is 20.2. The zero-order valence-corrected chi connectivity index (χ0v) is 15.5. The molecule has 0 fully saturated rings. The molecule has 0 atom stereocenters. The molecule has 3 aromatic rings. The van der Waals surface area contributed by atoms with Crippen LogP contribution in [0.25, 0.3) is 0 Å². The highest BCUT2D eigenvalue weighted by atomic mass is 19.4. The molecule has 0 aliphatic heterocycles. The highest BCUT2D eigenvalue weighted by Gasteiger charge is 2.30. The van der Waals surface area contributed by atoms with Gasteiger partial charge in [-0.3, -0.25) is 5.43 Å². The number of benzene rings is 2. The van der Waals surface area contributed by atoms with E-state index in [1.165, 1.54) is 12.3 Å². The third-order valence-electron chi connectivity index (χ3n) is 3.91. The maximum absolute atomic E-state index is 12.6. The molecule has 2 aromatic carbocycles. The SMILES string of the molecule is COc1ccc(/C=N\Nc2ccc(C(F)(F)F)cn2)cc1OCc1ccccc1. The Morgan fingerprint density at radius 3 is 2.48 bits per heavy atom. The van der Waals surface area contributed by atoms with Crippen molar-refractivity contribution in [2.75, 3.05) is 12.5 Å². The summed E-state index contributed by atoms with van der Waals surface area (Å²) in [6.45, 7) is 0.380. The van der Waals surface area contributed by atoms with E-state index in [9.17, 15) is 13.2 Å². The van der Waals surface area contributed by atoms with Gasteiger partial charge in [0.2, 0.25) is 0 Å². The predicted molar refractivity (Wildman–Crippen MR) is 104 cm³/mol. The third-order valence-corrected chi connectivity index (χ3v) is 3.91. The Labute approximate surface area is 165 Å². The number of rotatable bonds is 7. The lowest BCUT2D eigenvalue weighted by Gasteiger charge is -2.11. The predicted octanol–water partition coefficient (Wildman–Crippen LogP) is 5.13. The molecular weight excluding hydrogens is 383 g/mol. The van der Waals surface area contributed by atoms with Crippen molar-refractivity contribution in [2.45, 2.75) is 12.8 Å². The molecule has 1 N–H and O–H groups in total. The van der Waals surface area contributed by atoms with Gasteiger partial charge in [-0.1, -0.05) is 30.3 Å². The van der Waals surface area contributed by atoms with Crippen LogP contribution in [0.5, 0.6) is 11.5 Å². The maximum atomic E-state index is 12.6. The van der Waals surface area contributed by atoms with E-state index in [1.807, 2.05) is 30.3 Å². The molecule has 1 heterocycles. The van der Waals surface area contributed by atoms with E-state index in [0.717, 1.165) is 17.8 Å². The molecule has 0 aliphatic carbocycles. The van der Waals surface area contributed by atoms with Crippen molar-refractivity contribution in [3.63, 3.8) is 0 Å². The molecule has 0 unspecified atom stereocenters. The summed E-state index contributed by atoms with van der Waals surface area (Å²) in [7, 11) is 1.55. The lowest BCUT2D eigenvalue weighted by molar-refractivity contribution is -0.137. The lowest BCUT2D eigenvalue weighted by Crippen LogP contribution is -2.05. The first-order valence-electron chi connectivity index (χ1n) is 8.63. The van der Waals surface area contributed by atoms with Crippen molar-refractivity contribution in [1.29, 1.82) is 0 Å². The van der Waals surface area contributed by atoms with Crippen molar-refractivity contribution >= 4 is 12.0 Å². The van der Waals surface area contributed by atoms with Gasteiger partial charge in [-0.2, -0.15) is 18.3 Å². The number of nitrogens with zero attached hydrogens (tertiary/aromatic N) is 2. The minimum absolute atomic E-state index is 0.198. The van der Waals surface area contributed by atoms with E-state index in [0.29, 0.717) is 23.7 Å². The molecule has 0 spiro atoms. The van der Waals surface area contributed by atoms with Crippen LogP contribution < -0.4 is 14.9 Å². The van der Waals surface area contributed by atoms with Crippen LogP contribution in [0.15, 0.2) is 72.0 Å². The molecule has 1 aromatic heterocycles. The average molecular weight is 401 g/mol. The molecule has 8 heteroatoms. The largest absolute Gasteiger partial charge is 0.493 e. The molecule has 0 radical (unpaired) electrons. The number of alkyl halides is 3. The summed E-state index contributed by atoms with van der Waals surface area (Å²) >= 11 is 0. The number of halogens is 3. The Bertz CT molecular complexity index is 959. The van der Waals surface area contributed by atoms with Crippen LogP contribution in [0.3, 0.4) is 0 Å². The molecular formula is C21H18F3N3O2. The standard InChI is InChI=1S/C21H18F3N3O2/c1-28-18-9-7-16(11-19(18)29-14-15-5-3-2-4-6-15)12-26-27-20-10-8-17(13-25-20)21(22,23)24/h2-13H,14H2,1H3,(H,25,27)/b26-12-. The van der Waals surface area contributed by atoms with Crippen molar-refractivity contribution in [3.8, 4) is 11.5 Å². The van der Waals surface area contributed by atoms with Gasteiger partial charge >= 0.3 is 6.18 Å². The minimum Gasteiger partial charge on any atom is -0.493 e. The van der Waals surface area contributed by atoms with E-state index >= 15 is 0 Å². The first-order valence-corrected chi connectivity index (χ1v) is 8.63. The molecule has 0 saturated carbocycles. The van der Waals surface area contributed by atoms with Crippen LogP contribution in [0, 0.1) is 0 Å². The van der Waals surface area contributed by atoms with Crippen LogP contribution >= 0.6 is 0 Å². The summed E-state index contributed by atoms with van der Waals surface area (Å²) in [6.07, 6.45) is -2.16. The zero-order valence-electron chi connectivity index (χ0n) is 15.5. The Hall–Kier alpha value is -3.55. The summed E-state index contributed by atoms with van der Waals surface area (Å²) in [5, 5.41) is 4.00. The maximum Gasteiger partial charge on any atom is 0.417 e. The van der Waals surface area contributed by atoms with Crippen molar-refractivity contribution < 1.29 is 22.6 Å². The van der Waals surface area contributed by atoms with Gasteiger partial charge in [0.1, 0.15) is 12.4 Å². The van der Waals surface area contributed by atoms with Crippen LogP contribution in [0.4, 0.5) is 19.0 Å². The molecule has 29 heavy (non-hydrogen) atoms. The van der Waals surface area contributed by atoms with E-state index in [2.05, 4.69) is 15.5 Å². The van der Waals surface area contributed by atoms with Gasteiger partial charge in [-0.25, -0.2) is 4.98 Å². The van der Waals surface area contributed by atoms with Crippen LogP contribution in [-0.2, 0) is 12.8 Å². The number of hydrogen-bond acceptors (Lipinski definition) is 5. The lowest BCUT2D eigenvalue weighted by atomic mass is 10.2. The second-order valence-corrected chi connectivity index (χ2v) is 5.98. The fourth-order valence-corrected chi connectivity index (χ4v) is 2.42. The third kappa shape index (κ3) is 5.71. The smallest absolute Gasteiger partial charge is 0.417 e. The molecule has 5 nitrogen and oxygen atoms in total. The molecule has 0 saturated heterocycles. The second-order valence-electron chi connectivity index (χ2n) is 5.98. The number of ether oxygens (including phenoxy) is 2. The van der Waals surface area contributed by atoms with Gasteiger partial charge in [0.25, 0.3) is 0 Å². The minimum atomic E-state index is -4.42. The van der Waals surface area contributed by atoms with Gasteiger partial charge in [0.15, 0.2) is 11.5 Å². The zero-order chi connectivity index (χ0) is 20.7. The van der Waals surface area contributed by atoms with E-state index in [-0.39, 0.29) is 5.82 Å². The van der Waals surface area contributed by atoms with Gasteiger partial charge in [0.05, 0.1) is 18.9 Å². The molecule has 0 aliphatic rings. The highest BCUT2D eigenvalue weighted by Crippen LogP contribution is 2.29. The Kier molecular flexibility index (Phi) is 6.33. The fourth-order valence-electron chi connectivity index (χ4n) is 2.42.